The molecule has 88 valence electrons. The molecule has 0 unspecified atom stereocenters. The topological polar surface area (TPSA) is 16.1 Å². The summed E-state index contributed by atoms with van der Waals surface area (Å²) < 4.78 is 0. The Labute approximate surface area is 106 Å². The van der Waals surface area contributed by atoms with Gasteiger partial charge in [0.15, 0.2) is 0 Å². The van der Waals surface area contributed by atoms with E-state index in [-0.39, 0.29) is 0 Å². The molecule has 3 heteroatoms. The molecular weight excluding hydrogens is 228 g/mol. The van der Waals surface area contributed by atoms with E-state index in [0.717, 1.165) is 11.6 Å². The normalized spacial score (nSPS) is 16.5. The third kappa shape index (κ3) is 2.56. The standard InChI is InChI=1S/C14H16N2S/c1-2-9-16(8-1)11-12-3-5-13(6-4-12)14-15-7-10-17-14/h3-7,10H,1-2,8-9,11H2. The highest BCUT2D eigenvalue weighted by molar-refractivity contribution is 7.13. The Balaban J connectivity index is 1.71. The minimum atomic E-state index is 1.10. The van der Waals surface area contributed by atoms with Crippen molar-refractivity contribution in [2.24, 2.45) is 0 Å². The van der Waals surface area contributed by atoms with E-state index in [0.29, 0.717) is 0 Å². The number of likely N-dealkylation sites (tertiary alicyclic amines) is 1. The molecule has 2 heterocycles. The Morgan fingerprint density at radius 3 is 2.53 bits per heavy atom. The fourth-order valence-electron chi connectivity index (χ4n) is 2.32. The molecule has 0 radical (unpaired) electrons. The summed E-state index contributed by atoms with van der Waals surface area (Å²) in [6, 6.07) is 8.83. The molecule has 1 aromatic heterocycles. The number of hydrogen-bond donors (Lipinski definition) is 0. The van der Waals surface area contributed by atoms with Gasteiger partial charge in [0.05, 0.1) is 0 Å². The second-order valence-electron chi connectivity index (χ2n) is 4.52. The van der Waals surface area contributed by atoms with Crippen molar-refractivity contribution in [1.29, 1.82) is 0 Å². The van der Waals surface area contributed by atoms with Crippen molar-refractivity contribution in [1.82, 2.24) is 9.88 Å². The maximum atomic E-state index is 4.33. The van der Waals surface area contributed by atoms with Crippen molar-refractivity contribution >= 4 is 11.3 Å². The zero-order valence-corrected chi connectivity index (χ0v) is 10.6. The molecule has 0 atom stereocenters. The van der Waals surface area contributed by atoms with E-state index in [1.54, 1.807) is 11.3 Å². The molecule has 0 amide bonds. The average molecular weight is 244 g/mol. The highest BCUT2D eigenvalue weighted by Crippen LogP contribution is 2.22. The molecule has 1 saturated heterocycles. The van der Waals surface area contributed by atoms with E-state index in [1.165, 1.54) is 37.1 Å². The number of aromatic nitrogens is 1. The second kappa shape index (κ2) is 4.98. The summed E-state index contributed by atoms with van der Waals surface area (Å²) in [4.78, 5) is 6.85. The summed E-state index contributed by atoms with van der Waals surface area (Å²) in [5, 5.41) is 3.13. The molecule has 3 rings (SSSR count). The quantitative estimate of drug-likeness (QED) is 0.822. The highest BCUT2D eigenvalue weighted by atomic mass is 32.1. The van der Waals surface area contributed by atoms with E-state index >= 15 is 0 Å². The van der Waals surface area contributed by atoms with Crippen LogP contribution in [0.3, 0.4) is 0 Å². The van der Waals surface area contributed by atoms with Gasteiger partial charge in [0, 0.05) is 23.7 Å². The van der Waals surface area contributed by atoms with Crippen LogP contribution >= 0.6 is 11.3 Å². The Bertz CT molecular complexity index is 455. The largest absolute Gasteiger partial charge is 0.299 e. The summed E-state index contributed by atoms with van der Waals surface area (Å²) in [5.74, 6) is 0. The van der Waals surface area contributed by atoms with Crippen LogP contribution in [0.4, 0.5) is 0 Å². The lowest BCUT2D eigenvalue weighted by Crippen LogP contribution is -2.18. The van der Waals surface area contributed by atoms with Crippen LogP contribution in [0.15, 0.2) is 35.8 Å². The van der Waals surface area contributed by atoms with Crippen LogP contribution < -0.4 is 0 Å². The van der Waals surface area contributed by atoms with Gasteiger partial charge in [0.25, 0.3) is 0 Å². The van der Waals surface area contributed by atoms with Crippen LogP contribution in [0.25, 0.3) is 10.6 Å². The van der Waals surface area contributed by atoms with Crippen LogP contribution in [-0.2, 0) is 6.54 Å². The maximum Gasteiger partial charge on any atom is 0.123 e. The summed E-state index contributed by atoms with van der Waals surface area (Å²) in [5.41, 5.74) is 2.64. The lowest BCUT2D eigenvalue weighted by Gasteiger charge is -2.14. The highest BCUT2D eigenvalue weighted by Gasteiger charge is 2.11. The lowest BCUT2D eigenvalue weighted by molar-refractivity contribution is 0.331. The van der Waals surface area contributed by atoms with Crippen molar-refractivity contribution in [3.8, 4) is 10.6 Å². The monoisotopic (exact) mass is 244 g/mol. The predicted molar refractivity (Wildman–Crippen MR) is 72.1 cm³/mol. The molecule has 2 aromatic rings. The minimum Gasteiger partial charge on any atom is -0.299 e. The molecule has 0 saturated carbocycles. The second-order valence-corrected chi connectivity index (χ2v) is 5.41. The van der Waals surface area contributed by atoms with Crippen molar-refractivity contribution in [2.45, 2.75) is 19.4 Å². The van der Waals surface area contributed by atoms with E-state index < -0.39 is 0 Å². The zero-order chi connectivity index (χ0) is 11.5. The van der Waals surface area contributed by atoms with Crippen molar-refractivity contribution in [3.63, 3.8) is 0 Å². The van der Waals surface area contributed by atoms with Crippen LogP contribution in [-0.4, -0.2) is 23.0 Å². The van der Waals surface area contributed by atoms with Gasteiger partial charge in [-0.1, -0.05) is 24.3 Å². The Hall–Kier alpha value is -1.19. The zero-order valence-electron chi connectivity index (χ0n) is 9.80. The average Bonchev–Trinajstić information content (AvgIpc) is 3.01. The Morgan fingerprint density at radius 2 is 1.88 bits per heavy atom. The molecule has 0 N–H and O–H groups in total. The van der Waals surface area contributed by atoms with Gasteiger partial charge in [-0.3, -0.25) is 4.90 Å². The van der Waals surface area contributed by atoms with Crippen molar-refractivity contribution in [3.05, 3.63) is 41.4 Å². The van der Waals surface area contributed by atoms with Crippen LogP contribution in [0.2, 0.25) is 0 Å². The minimum absolute atomic E-state index is 1.10. The van der Waals surface area contributed by atoms with Gasteiger partial charge in [0.1, 0.15) is 5.01 Å². The first-order valence-electron chi connectivity index (χ1n) is 6.13. The van der Waals surface area contributed by atoms with Crippen LogP contribution in [0.1, 0.15) is 18.4 Å². The molecule has 0 spiro atoms. The summed E-state index contributed by atoms with van der Waals surface area (Å²) in [6.07, 6.45) is 4.58. The van der Waals surface area contributed by atoms with Gasteiger partial charge in [-0.2, -0.15) is 0 Å². The summed E-state index contributed by atoms with van der Waals surface area (Å²) in [6.45, 7) is 3.61. The fraction of sp³-hybridized carbons (Fsp3) is 0.357. The molecule has 1 aliphatic rings. The van der Waals surface area contributed by atoms with Crippen LogP contribution in [0, 0.1) is 0 Å². The first-order valence-corrected chi connectivity index (χ1v) is 7.01. The summed E-state index contributed by atoms with van der Waals surface area (Å²) in [7, 11) is 0. The molecular formula is C14H16N2S. The molecule has 1 aliphatic heterocycles. The molecule has 1 fully saturated rings. The first kappa shape index (κ1) is 10.9. The third-order valence-corrected chi connectivity index (χ3v) is 4.06. The van der Waals surface area contributed by atoms with Gasteiger partial charge in [-0.05, 0) is 31.5 Å². The summed E-state index contributed by atoms with van der Waals surface area (Å²) >= 11 is 1.69. The Morgan fingerprint density at radius 1 is 1.12 bits per heavy atom. The van der Waals surface area contributed by atoms with Gasteiger partial charge in [-0.25, -0.2) is 4.98 Å². The van der Waals surface area contributed by atoms with E-state index in [2.05, 4.69) is 34.1 Å². The molecule has 0 aliphatic carbocycles. The maximum absolute atomic E-state index is 4.33. The third-order valence-electron chi connectivity index (χ3n) is 3.24. The molecule has 0 bridgehead atoms. The molecule has 1 aromatic carbocycles. The number of benzene rings is 1. The molecule has 2 nitrogen and oxygen atoms in total. The number of nitrogens with zero attached hydrogens (tertiary/aromatic N) is 2. The fourth-order valence-corrected chi connectivity index (χ4v) is 2.96. The first-order chi connectivity index (χ1) is 8.42. The van der Waals surface area contributed by atoms with Gasteiger partial charge >= 0.3 is 0 Å². The SMILES string of the molecule is c1csc(-c2ccc(CN3CCCC3)cc2)n1. The van der Waals surface area contributed by atoms with Gasteiger partial charge in [0.2, 0.25) is 0 Å². The van der Waals surface area contributed by atoms with Crippen LogP contribution in [0.5, 0.6) is 0 Å². The number of hydrogen-bond acceptors (Lipinski definition) is 3. The van der Waals surface area contributed by atoms with E-state index in [1.807, 2.05) is 11.6 Å². The lowest BCUT2D eigenvalue weighted by atomic mass is 10.1. The van der Waals surface area contributed by atoms with E-state index in [4.69, 9.17) is 0 Å². The van der Waals surface area contributed by atoms with Crippen molar-refractivity contribution in [2.75, 3.05) is 13.1 Å². The number of rotatable bonds is 3. The smallest absolute Gasteiger partial charge is 0.123 e. The van der Waals surface area contributed by atoms with E-state index in [9.17, 15) is 0 Å². The Kier molecular flexibility index (Phi) is 3.20. The van der Waals surface area contributed by atoms with Gasteiger partial charge < -0.3 is 0 Å². The predicted octanol–water partition coefficient (Wildman–Crippen LogP) is 3.41. The van der Waals surface area contributed by atoms with Crippen molar-refractivity contribution < 1.29 is 0 Å². The number of thiazole rings is 1. The molecule has 17 heavy (non-hydrogen) atoms. The van der Waals surface area contributed by atoms with Gasteiger partial charge in [-0.15, -0.1) is 11.3 Å².